The van der Waals surface area contributed by atoms with Gasteiger partial charge in [-0.1, -0.05) is 27.2 Å². The van der Waals surface area contributed by atoms with Crippen molar-refractivity contribution in [1.82, 2.24) is 5.32 Å². The van der Waals surface area contributed by atoms with Gasteiger partial charge < -0.3 is 15.8 Å². The van der Waals surface area contributed by atoms with Crippen molar-refractivity contribution in [1.29, 1.82) is 0 Å². The lowest BCUT2D eigenvalue weighted by Gasteiger charge is -2.19. The number of hydrogen-bond donors (Lipinski definition) is 2. The van der Waals surface area contributed by atoms with Crippen LogP contribution in [0.15, 0.2) is 24.3 Å². The summed E-state index contributed by atoms with van der Waals surface area (Å²) in [6, 6.07) is 3.85. The summed E-state index contributed by atoms with van der Waals surface area (Å²) in [6.07, 6.45) is 1.20. The van der Waals surface area contributed by atoms with E-state index in [1.807, 2.05) is 6.92 Å². The van der Waals surface area contributed by atoms with Crippen LogP contribution in [0.25, 0.3) is 11.1 Å². The van der Waals surface area contributed by atoms with Gasteiger partial charge in [0, 0.05) is 5.56 Å². The first-order valence-electron chi connectivity index (χ1n) is 10.9. The number of nitrogens with one attached hydrogen (secondary N) is 1. The summed E-state index contributed by atoms with van der Waals surface area (Å²) in [4.78, 5) is 22.7. The zero-order chi connectivity index (χ0) is 25.6. The van der Waals surface area contributed by atoms with Crippen molar-refractivity contribution in [2.75, 3.05) is 13.2 Å². The van der Waals surface area contributed by atoms with Crippen LogP contribution in [-0.4, -0.2) is 25.5 Å². The normalized spacial score (nSPS) is 10.7. The lowest BCUT2D eigenvalue weighted by atomic mass is 9.92. The maximum absolute atomic E-state index is 14.4. The Balaban J connectivity index is 0.00000154. The summed E-state index contributed by atoms with van der Waals surface area (Å²) in [5.41, 5.74) is 6.63. The fourth-order valence-electron chi connectivity index (χ4n) is 3.10. The number of nitrogens with two attached hydrogens (primary N) is 1. The van der Waals surface area contributed by atoms with Gasteiger partial charge in [0.05, 0.1) is 19.1 Å². The van der Waals surface area contributed by atoms with E-state index in [-0.39, 0.29) is 18.6 Å². The molecule has 1 unspecified atom stereocenters. The predicted octanol–water partition coefficient (Wildman–Crippen LogP) is 5.51. The Morgan fingerprint density at radius 3 is 2.03 bits per heavy atom. The Bertz CT molecular complexity index is 880. The fraction of sp³-hybridized carbons (Fsp3) is 0.440. The number of aryl methyl sites for hydroxylation is 2. The maximum Gasteiger partial charge on any atom is 0.308 e. The Hall–Kier alpha value is -2.87. The van der Waals surface area contributed by atoms with E-state index < -0.39 is 29.5 Å². The van der Waals surface area contributed by atoms with Crippen LogP contribution in [0.3, 0.4) is 0 Å². The number of ether oxygens (including phenoxy) is 1. The topological polar surface area (TPSA) is 81.4 Å². The van der Waals surface area contributed by atoms with Crippen molar-refractivity contribution in [3.8, 4) is 11.1 Å². The number of carbonyl (C=O) groups excluding carboxylic acids is 2. The van der Waals surface area contributed by atoms with E-state index in [9.17, 15) is 22.8 Å². The zero-order valence-electron chi connectivity index (χ0n) is 20.2. The quantitative estimate of drug-likeness (QED) is 0.415. The van der Waals surface area contributed by atoms with Crippen LogP contribution in [-0.2, 0) is 14.3 Å². The summed E-state index contributed by atoms with van der Waals surface area (Å²) >= 11 is 0. The van der Waals surface area contributed by atoms with Gasteiger partial charge >= 0.3 is 5.97 Å². The summed E-state index contributed by atoms with van der Waals surface area (Å²) in [6.45, 7) is 12.0. The largest absolute Gasteiger partial charge is 0.466 e. The van der Waals surface area contributed by atoms with Crippen LogP contribution in [0.1, 0.15) is 63.3 Å². The van der Waals surface area contributed by atoms with Crippen LogP contribution < -0.4 is 11.1 Å². The molecule has 1 amide bonds. The van der Waals surface area contributed by atoms with E-state index in [4.69, 9.17) is 10.5 Å². The van der Waals surface area contributed by atoms with Gasteiger partial charge in [-0.05, 0) is 73.8 Å². The van der Waals surface area contributed by atoms with Crippen molar-refractivity contribution < 1.29 is 27.5 Å². The van der Waals surface area contributed by atoms with Crippen LogP contribution in [0.5, 0.6) is 0 Å². The molecule has 0 aliphatic carbocycles. The molecule has 3 N–H and O–H groups in total. The van der Waals surface area contributed by atoms with E-state index in [0.29, 0.717) is 28.7 Å². The molecule has 33 heavy (non-hydrogen) atoms. The van der Waals surface area contributed by atoms with Crippen molar-refractivity contribution in [3.05, 3.63) is 58.4 Å². The second kappa shape index (κ2) is 15.9. The molecule has 8 heteroatoms. The van der Waals surface area contributed by atoms with Gasteiger partial charge in [0.2, 0.25) is 6.41 Å². The Morgan fingerprint density at radius 1 is 1.06 bits per heavy atom. The minimum atomic E-state index is -1.17. The van der Waals surface area contributed by atoms with Gasteiger partial charge in [0.1, 0.15) is 5.82 Å². The number of benzene rings is 2. The van der Waals surface area contributed by atoms with Gasteiger partial charge in [0.15, 0.2) is 11.6 Å². The average molecular weight is 469 g/mol. The third kappa shape index (κ3) is 9.65. The first kappa shape index (κ1) is 30.1. The summed E-state index contributed by atoms with van der Waals surface area (Å²) in [5, 5.41) is 2.33. The number of rotatable bonds is 7. The molecular formula is C25H35F3N2O3. The zero-order valence-corrected chi connectivity index (χ0v) is 20.2. The predicted molar refractivity (Wildman–Crippen MR) is 125 cm³/mol. The number of esters is 1. The molecule has 0 fully saturated rings. The maximum atomic E-state index is 14.4. The van der Waals surface area contributed by atoms with E-state index in [1.54, 1.807) is 20.8 Å². The number of carbonyl (C=O) groups is 2. The van der Waals surface area contributed by atoms with Crippen LogP contribution >= 0.6 is 0 Å². The van der Waals surface area contributed by atoms with Crippen molar-refractivity contribution >= 4 is 12.4 Å². The van der Waals surface area contributed by atoms with Gasteiger partial charge in [-0.3, -0.25) is 9.59 Å². The standard InChI is InChI=1S/C20H20F3NO3.C3H8.C2H7N/c1-4-27-18(26)9-17(24-10-25)15-7-13(8-16(22)20(15)23)19-11(2)5-14(21)6-12(19)3;1-3-2;1-2-3/h5-8,10,17H,4,9H2,1-3H3,(H,24,25);3H2,1-2H3;2-3H2,1H3. The highest BCUT2D eigenvalue weighted by atomic mass is 19.2. The molecule has 0 saturated heterocycles. The Labute approximate surface area is 194 Å². The highest BCUT2D eigenvalue weighted by molar-refractivity contribution is 5.73. The Morgan fingerprint density at radius 2 is 1.58 bits per heavy atom. The highest BCUT2D eigenvalue weighted by Gasteiger charge is 2.24. The monoisotopic (exact) mass is 468 g/mol. The van der Waals surface area contributed by atoms with Crippen LogP contribution in [0.2, 0.25) is 0 Å². The second-order valence-corrected chi connectivity index (χ2v) is 7.24. The summed E-state index contributed by atoms with van der Waals surface area (Å²) in [7, 11) is 0. The molecule has 2 rings (SSSR count). The SMILES string of the molecule is CCC.CCN.CCOC(=O)CC(NC=O)c1cc(-c2c(C)cc(F)cc2C)cc(F)c1F. The van der Waals surface area contributed by atoms with Gasteiger partial charge in [-0.2, -0.15) is 0 Å². The van der Waals surface area contributed by atoms with Gasteiger partial charge in [0.25, 0.3) is 0 Å². The van der Waals surface area contributed by atoms with Gasteiger partial charge in [-0.15, -0.1) is 0 Å². The molecule has 1 atom stereocenters. The van der Waals surface area contributed by atoms with Crippen LogP contribution in [0.4, 0.5) is 13.2 Å². The molecule has 0 spiro atoms. The van der Waals surface area contributed by atoms with E-state index in [0.717, 1.165) is 12.6 Å². The molecule has 5 nitrogen and oxygen atoms in total. The molecule has 0 bridgehead atoms. The molecule has 0 aromatic heterocycles. The molecular weight excluding hydrogens is 433 g/mol. The Kier molecular flexibility index (Phi) is 14.5. The van der Waals surface area contributed by atoms with Gasteiger partial charge in [-0.25, -0.2) is 13.2 Å². The minimum absolute atomic E-state index is 0.123. The fourth-order valence-corrected chi connectivity index (χ4v) is 3.10. The highest BCUT2D eigenvalue weighted by Crippen LogP contribution is 2.33. The van der Waals surface area contributed by atoms with E-state index in [2.05, 4.69) is 19.2 Å². The summed E-state index contributed by atoms with van der Waals surface area (Å²) < 4.78 is 47.1. The molecule has 0 aliphatic rings. The molecule has 184 valence electrons. The number of halogens is 3. The molecule has 2 aromatic carbocycles. The smallest absolute Gasteiger partial charge is 0.308 e. The first-order chi connectivity index (χ1) is 15.6. The molecule has 0 saturated carbocycles. The summed E-state index contributed by atoms with van der Waals surface area (Å²) in [5.74, 6) is -3.39. The van der Waals surface area contributed by atoms with Crippen LogP contribution in [0, 0.1) is 31.3 Å². The van der Waals surface area contributed by atoms with Crippen molar-refractivity contribution in [3.63, 3.8) is 0 Å². The van der Waals surface area contributed by atoms with Crippen molar-refractivity contribution in [2.24, 2.45) is 5.73 Å². The first-order valence-corrected chi connectivity index (χ1v) is 10.9. The van der Waals surface area contributed by atoms with E-state index in [1.165, 1.54) is 24.6 Å². The third-order valence-corrected chi connectivity index (χ3v) is 4.16. The molecule has 0 aliphatic heterocycles. The average Bonchev–Trinajstić information content (AvgIpc) is 2.71. The van der Waals surface area contributed by atoms with Crippen molar-refractivity contribution in [2.45, 2.75) is 60.4 Å². The molecule has 2 aromatic rings. The molecule has 0 radical (unpaired) electrons. The number of hydrogen-bond acceptors (Lipinski definition) is 4. The second-order valence-electron chi connectivity index (χ2n) is 7.24. The number of amides is 1. The lowest BCUT2D eigenvalue weighted by molar-refractivity contribution is -0.143. The van der Waals surface area contributed by atoms with E-state index >= 15 is 0 Å². The lowest BCUT2D eigenvalue weighted by Crippen LogP contribution is -2.25. The molecule has 0 heterocycles. The third-order valence-electron chi connectivity index (χ3n) is 4.16. The minimum Gasteiger partial charge on any atom is -0.466 e.